The van der Waals surface area contributed by atoms with E-state index in [9.17, 15) is 15.0 Å². The fraction of sp³-hybridized carbons (Fsp3) is 0.741. The second kappa shape index (κ2) is 19.0. The maximum atomic E-state index is 11.8. The van der Waals surface area contributed by atoms with E-state index in [-0.39, 0.29) is 17.5 Å². The molecule has 1 aromatic rings. The van der Waals surface area contributed by atoms with Gasteiger partial charge in [-0.05, 0) is 37.0 Å². The van der Waals surface area contributed by atoms with Gasteiger partial charge >= 0.3 is 5.97 Å². The van der Waals surface area contributed by atoms with E-state index in [1.54, 1.807) is 12.1 Å². The largest absolute Gasteiger partial charge is 0.504 e. The van der Waals surface area contributed by atoms with Gasteiger partial charge in [-0.1, -0.05) is 103 Å². The van der Waals surface area contributed by atoms with Gasteiger partial charge in [0, 0.05) is 6.42 Å². The number of hydrogen-bond acceptors (Lipinski definition) is 4. The quantitative estimate of drug-likeness (QED) is 0.125. The van der Waals surface area contributed by atoms with E-state index in [1.165, 1.54) is 89.5 Å². The van der Waals surface area contributed by atoms with Crippen LogP contribution in [0.3, 0.4) is 0 Å². The molecule has 31 heavy (non-hydrogen) atoms. The van der Waals surface area contributed by atoms with Crippen molar-refractivity contribution in [2.75, 3.05) is 6.61 Å². The molecular weight excluding hydrogens is 388 g/mol. The number of aromatic hydroxyl groups is 2. The Balaban J connectivity index is 1.81. The SMILES string of the molecule is CCCCCCCCCCCCCCCCCC(=O)OCCCc1ccc(O)c(O)c1. The van der Waals surface area contributed by atoms with E-state index in [0.717, 1.165) is 24.8 Å². The van der Waals surface area contributed by atoms with Crippen LogP contribution in [0.15, 0.2) is 18.2 Å². The van der Waals surface area contributed by atoms with Crippen LogP contribution in [0.2, 0.25) is 0 Å². The molecule has 0 atom stereocenters. The molecule has 0 aromatic heterocycles. The Morgan fingerprint density at radius 1 is 0.710 bits per heavy atom. The van der Waals surface area contributed by atoms with Gasteiger partial charge in [0.05, 0.1) is 6.61 Å². The second-order valence-electron chi connectivity index (χ2n) is 8.85. The summed E-state index contributed by atoms with van der Waals surface area (Å²) in [7, 11) is 0. The molecule has 1 rings (SSSR count). The van der Waals surface area contributed by atoms with Crippen LogP contribution >= 0.6 is 0 Å². The number of rotatable bonds is 20. The minimum Gasteiger partial charge on any atom is -0.504 e. The summed E-state index contributed by atoms with van der Waals surface area (Å²) in [5.41, 5.74) is 0.925. The third-order valence-electron chi connectivity index (χ3n) is 5.90. The zero-order valence-electron chi connectivity index (χ0n) is 19.9. The van der Waals surface area contributed by atoms with Crippen LogP contribution in [0.25, 0.3) is 0 Å². The normalized spacial score (nSPS) is 11.0. The minimum absolute atomic E-state index is 0.108. The molecule has 0 aliphatic heterocycles. The molecule has 0 heterocycles. The van der Waals surface area contributed by atoms with Crippen LogP contribution < -0.4 is 0 Å². The topological polar surface area (TPSA) is 66.8 Å². The molecule has 0 aliphatic rings. The third-order valence-corrected chi connectivity index (χ3v) is 5.90. The third kappa shape index (κ3) is 15.7. The van der Waals surface area contributed by atoms with Crippen molar-refractivity contribution in [2.24, 2.45) is 0 Å². The zero-order chi connectivity index (χ0) is 22.6. The fourth-order valence-corrected chi connectivity index (χ4v) is 3.90. The Morgan fingerprint density at radius 3 is 1.74 bits per heavy atom. The molecule has 178 valence electrons. The summed E-state index contributed by atoms with van der Waals surface area (Å²) in [6, 6.07) is 4.80. The maximum absolute atomic E-state index is 11.8. The monoisotopic (exact) mass is 434 g/mol. The van der Waals surface area contributed by atoms with Gasteiger partial charge in [0.25, 0.3) is 0 Å². The zero-order valence-corrected chi connectivity index (χ0v) is 19.9. The predicted molar refractivity (Wildman–Crippen MR) is 129 cm³/mol. The predicted octanol–water partition coefficient (Wildman–Crippen LogP) is 7.84. The molecule has 0 spiro atoms. The Hall–Kier alpha value is -1.71. The van der Waals surface area contributed by atoms with Gasteiger partial charge in [-0.2, -0.15) is 0 Å². The number of carbonyl (C=O) groups excluding carboxylic acids is 1. The van der Waals surface area contributed by atoms with Crippen molar-refractivity contribution in [3.8, 4) is 11.5 Å². The van der Waals surface area contributed by atoms with Crippen molar-refractivity contribution in [3.63, 3.8) is 0 Å². The number of unbranched alkanes of at least 4 members (excludes halogenated alkanes) is 14. The first-order valence-corrected chi connectivity index (χ1v) is 12.8. The number of benzene rings is 1. The molecule has 0 unspecified atom stereocenters. The molecule has 1 aromatic carbocycles. The lowest BCUT2D eigenvalue weighted by molar-refractivity contribution is -0.143. The van der Waals surface area contributed by atoms with Crippen molar-refractivity contribution in [1.29, 1.82) is 0 Å². The molecule has 2 N–H and O–H groups in total. The highest BCUT2D eigenvalue weighted by Crippen LogP contribution is 2.25. The van der Waals surface area contributed by atoms with Crippen LogP contribution in [0.1, 0.15) is 122 Å². The number of hydrogen-bond donors (Lipinski definition) is 2. The highest BCUT2D eigenvalue weighted by Gasteiger charge is 2.04. The lowest BCUT2D eigenvalue weighted by atomic mass is 10.0. The standard InChI is InChI=1S/C27H46O4/c1-2-3-4-5-6-7-8-9-10-11-12-13-14-15-16-19-27(30)31-22-17-18-24-20-21-25(28)26(29)23-24/h20-21,23,28-29H,2-19,22H2,1H3. The number of phenols is 2. The molecule has 4 heteroatoms. The second-order valence-corrected chi connectivity index (χ2v) is 8.85. The minimum atomic E-state index is -0.112. The average molecular weight is 435 g/mol. The molecule has 0 saturated heterocycles. The van der Waals surface area contributed by atoms with Crippen LogP contribution in [0.4, 0.5) is 0 Å². The summed E-state index contributed by atoms with van der Waals surface area (Å²) in [6.07, 6.45) is 21.8. The number of carbonyl (C=O) groups is 1. The first kappa shape index (κ1) is 27.3. The van der Waals surface area contributed by atoms with Gasteiger partial charge in [-0.3, -0.25) is 4.79 Å². The average Bonchev–Trinajstić information content (AvgIpc) is 2.76. The number of ether oxygens (including phenoxy) is 1. The van der Waals surface area contributed by atoms with Crippen molar-refractivity contribution in [1.82, 2.24) is 0 Å². The van der Waals surface area contributed by atoms with Crippen LogP contribution in [-0.2, 0) is 16.0 Å². The van der Waals surface area contributed by atoms with Crippen molar-refractivity contribution in [2.45, 2.75) is 122 Å². The number of esters is 1. The lowest BCUT2D eigenvalue weighted by Gasteiger charge is -2.06. The summed E-state index contributed by atoms with van der Waals surface area (Å²) in [5.74, 6) is -0.329. The Bertz CT molecular complexity index is 570. The summed E-state index contributed by atoms with van der Waals surface area (Å²) in [6.45, 7) is 2.67. The van der Waals surface area contributed by atoms with E-state index >= 15 is 0 Å². The summed E-state index contributed by atoms with van der Waals surface area (Å²) in [4.78, 5) is 11.8. The highest BCUT2D eigenvalue weighted by molar-refractivity contribution is 5.69. The molecular formula is C27H46O4. The molecule has 0 fully saturated rings. The van der Waals surface area contributed by atoms with Crippen molar-refractivity contribution in [3.05, 3.63) is 23.8 Å². The molecule has 0 radical (unpaired) electrons. The Labute approximate surface area is 190 Å². The van der Waals surface area contributed by atoms with Gasteiger partial charge in [0.2, 0.25) is 0 Å². The van der Waals surface area contributed by atoms with Gasteiger partial charge < -0.3 is 14.9 Å². The van der Waals surface area contributed by atoms with Crippen molar-refractivity contribution >= 4 is 5.97 Å². The van der Waals surface area contributed by atoms with Crippen LogP contribution in [-0.4, -0.2) is 22.8 Å². The van der Waals surface area contributed by atoms with Crippen LogP contribution in [0.5, 0.6) is 11.5 Å². The molecule has 0 amide bonds. The van der Waals surface area contributed by atoms with E-state index in [4.69, 9.17) is 4.74 Å². The molecule has 0 saturated carbocycles. The van der Waals surface area contributed by atoms with Gasteiger partial charge in [-0.15, -0.1) is 0 Å². The van der Waals surface area contributed by atoms with Crippen molar-refractivity contribution < 1.29 is 19.7 Å². The van der Waals surface area contributed by atoms with E-state index in [2.05, 4.69) is 6.92 Å². The van der Waals surface area contributed by atoms with E-state index in [0.29, 0.717) is 19.4 Å². The summed E-state index contributed by atoms with van der Waals surface area (Å²) < 4.78 is 5.29. The number of phenolic OH excluding ortho intramolecular Hbond substituents is 2. The molecule has 4 nitrogen and oxygen atoms in total. The van der Waals surface area contributed by atoms with E-state index < -0.39 is 0 Å². The smallest absolute Gasteiger partial charge is 0.305 e. The van der Waals surface area contributed by atoms with Gasteiger partial charge in [0.1, 0.15) is 0 Å². The summed E-state index contributed by atoms with van der Waals surface area (Å²) >= 11 is 0. The maximum Gasteiger partial charge on any atom is 0.305 e. The lowest BCUT2D eigenvalue weighted by Crippen LogP contribution is -2.06. The first-order valence-electron chi connectivity index (χ1n) is 12.8. The molecule has 0 aliphatic carbocycles. The Morgan fingerprint density at radius 2 is 1.23 bits per heavy atom. The fourth-order valence-electron chi connectivity index (χ4n) is 3.90. The highest BCUT2D eigenvalue weighted by atomic mass is 16.5. The van der Waals surface area contributed by atoms with Gasteiger partial charge in [0.15, 0.2) is 11.5 Å². The summed E-state index contributed by atoms with van der Waals surface area (Å²) in [5, 5.41) is 18.8. The number of aryl methyl sites for hydroxylation is 1. The first-order chi connectivity index (χ1) is 15.1. The van der Waals surface area contributed by atoms with Crippen LogP contribution in [0, 0.1) is 0 Å². The Kier molecular flexibility index (Phi) is 16.8. The van der Waals surface area contributed by atoms with Gasteiger partial charge in [-0.25, -0.2) is 0 Å². The van der Waals surface area contributed by atoms with E-state index in [1.807, 2.05) is 0 Å². The molecule has 0 bridgehead atoms.